The summed E-state index contributed by atoms with van der Waals surface area (Å²) in [7, 11) is 0. The summed E-state index contributed by atoms with van der Waals surface area (Å²) in [6, 6.07) is 0. The number of rotatable bonds is 6. The van der Waals surface area contributed by atoms with Crippen molar-refractivity contribution in [2.45, 2.75) is 52.4 Å². The first-order chi connectivity index (χ1) is 11.5. The van der Waals surface area contributed by atoms with Crippen LogP contribution in [-0.2, 0) is 19.1 Å². The highest BCUT2D eigenvalue weighted by atomic mass is 16.5. The number of ether oxygens (including phenoxy) is 2. The lowest BCUT2D eigenvalue weighted by Gasteiger charge is -2.28. The number of fused-ring (bicyclic) bond motifs is 2. The summed E-state index contributed by atoms with van der Waals surface area (Å²) in [6.45, 7) is 4.83. The quantitative estimate of drug-likeness (QED) is 0.548. The van der Waals surface area contributed by atoms with Crippen molar-refractivity contribution < 1.29 is 19.1 Å². The Hall–Kier alpha value is -1.32. The molecule has 2 fully saturated rings. The van der Waals surface area contributed by atoms with Gasteiger partial charge >= 0.3 is 11.9 Å². The molecule has 2 saturated carbocycles. The largest absolute Gasteiger partial charge is 0.465 e. The molecular formula is C20H30O4. The number of allylic oxidation sites excluding steroid dienone is 2. The molecular weight excluding hydrogens is 304 g/mol. The van der Waals surface area contributed by atoms with Crippen LogP contribution in [0.15, 0.2) is 12.2 Å². The van der Waals surface area contributed by atoms with E-state index in [0.29, 0.717) is 36.9 Å². The molecule has 3 aliphatic carbocycles. The van der Waals surface area contributed by atoms with E-state index >= 15 is 0 Å². The Balaban J connectivity index is 1.32. The Bertz CT molecular complexity index is 488. The van der Waals surface area contributed by atoms with Crippen molar-refractivity contribution in [1.29, 1.82) is 0 Å². The molecule has 0 amide bonds. The summed E-state index contributed by atoms with van der Waals surface area (Å²) in [6.07, 6.45) is 10.8. The van der Waals surface area contributed by atoms with Crippen LogP contribution < -0.4 is 0 Å². The van der Waals surface area contributed by atoms with Crippen molar-refractivity contribution in [2.24, 2.45) is 35.5 Å². The van der Waals surface area contributed by atoms with E-state index in [4.69, 9.17) is 9.47 Å². The predicted molar refractivity (Wildman–Crippen MR) is 91.0 cm³/mol. The zero-order valence-electron chi connectivity index (χ0n) is 14.9. The van der Waals surface area contributed by atoms with Crippen molar-refractivity contribution in [3.63, 3.8) is 0 Å². The monoisotopic (exact) mass is 334 g/mol. The minimum atomic E-state index is -0.106. The van der Waals surface area contributed by atoms with Crippen molar-refractivity contribution in [3.8, 4) is 0 Å². The maximum absolute atomic E-state index is 12.3. The first-order valence-corrected chi connectivity index (χ1v) is 9.54. The van der Waals surface area contributed by atoms with Crippen LogP contribution in [0, 0.1) is 35.5 Å². The van der Waals surface area contributed by atoms with E-state index in [0.717, 1.165) is 38.5 Å². The first kappa shape index (κ1) is 17.5. The second-order valence-corrected chi connectivity index (χ2v) is 8.19. The Morgan fingerprint density at radius 2 is 1.58 bits per heavy atom. The molecule has 134 valence electrons. The van der Waals surface area contributed by atoms with Gasteiger partial charge in [0.1, 0.15) is 0 Å². The van der Waals surface area contributed by atoms with Gasteiger partial charge in [-0.3, -0.25) is 9.59 Å². The molecule has 0 aromatic rings. The summed E-state index contributed by atoms with van der Waals surface area (Å²) >= 11 is 0. The molecule has 0 saturated heterocycles. The van der Waals surface area contributed by atoms with Crippen LogP contribution in [0.4, 0.5) is 0 Å². The van der Waals surface area contributed by atoms with Crippen LogP contribution in [0.3, 0.4) is 0 Å². The highest BCUT2D eigenvalue weighted by Crippen LogP contribution is 2.44. The Labute approximate surface area is 145 Å². The Morgan fingerprint density at radius 1 is 0.958 bits per heavy atom. The van der Waals surface area contributed by atoms with Gasteiger partial charge in [-0.25, -0.2) is 0 Å². The topological polar surface area (TPSA) is 52.6 Å². The lowest BCUT2D eigenvalue weighted by Crippen LogP contribution is -2.27. The highest BCUT2D eigenvalue weighted by Gasteiger charge is 2.40. The van der Waals surface area contributed by atoms with Gasteiger partial charge in [0.15, 0.2) is 0 Å². The molecule has 0 spiro atoms. The fourth-order valence-electron chi connectivity index (χ4n) is 4.29. The van der Waals surface area contributed by atoms with Crippen LogP contribution >= 0.6 is 0 Å². The van der Waals surface area contributed by atoms with E-state index in [9.17, 15) is 9.59 Å². The van der Waals surface area contributed by atoms with Crippen LogP contribution in [0.2, 0.25) is 0 Å². The van der Waals surface area contributed by atoms with Gasteiger partial charge < -0.3 is 9.47 Å². The third-order valence-corrected chi connectivity index (χ3v) is 5.94. The summed E-state index contributed by atoms with van der Waals surface area (Å²) in [4.78, 5) is 23.8. The van der Waals surface area contributed by atoms with Gasteiger partial charge in [-0.05, 0) is 62.2 Å². The zero-order valence-corrected chi connectivity index (χ0v) is 14.9. The van der Waals surface area contributed by atoms with Gasteiger partial charge in [0.25, 0.3) is 0 Å². The maximum Gasteiger partial charge on any atom is 0.309 e. The minimum Gasteiger partial charge on any atom is -0.465 e. The molecule has 0 radical (unpaired) electrons. The van der Waals surface area contributed by atoms with E-state index in [1.54, 1.807) is 0 Å². The molecule has 0 N–H and O–H groups in total. The summed E-state index contributed by atoms with van der Waals surface area (Å²) in [5.41, 5.74) is 0. The Morgan fingerprint density at radius 3 is 2.08 bits per heavy atom. The first-order valence-electron chi connectivity index (χ1n) is 9.54. The third-order valence-electron chi connectivity index (χ3n) is 5.94. The van der Waals surface area contributed by atoms with Crippen molar-refractivity contribution in [3.05, 3.63) is 12.2 Å². The van der Waals surface area contributed by atoms with E-state index in [1.807, 2.05) is 13.8 Å². The van der Waals surface area contributed by atoms with E-state index in [1.165, 1.54) is 0 Å². The van der Waals surface area contributed by atoms with Crippen LogP contribution in [-0.4, -0.2) is 25.2 Å². The second kappa shape index (κ2) is 7.71. The highest BCUT2D eigenvalue weighted by molar-refractivity contribution is 5.74. The molecule has 24 heavy (non-hydrogen) atoms. The third kappa shape index (κ3) is 4.20. The number of hydrogen-bond acceptors (Lipinski definition) is 4. The smallest absolute Gasteiger partial charge is 0.309 e. The van der Waals surface area contributed by atoms with Gasteiger partial charge in [-0.2, -0.15) is 0 Å². The Kier molecular flexibility index (Phi) is 5.62. The van der Waals surface area contributed by atoms with Gasteiger partial charge in [-0.1, -0.05) is 26.0 Å². The molecule has 3 rings (SSSR count). The lowest BCUT2D eigenvalue weighted by molar-refractivity contribution is -0.152. The molecule has 0 aromatic carbocycles. The van der Waals surface area contributed by atoms with Crippen LogP contribution in [0.1, 0.15) is 52.4 Å². The molecule has 3 aliphatic rings. The summed E-state index contributed by atoms with van der Waals surface area (Å²) in [5.74, 6) is 1.93. The van der Waals surface area contributed by atoms with Gasteiger partial charge in [0.2, 0.25) is 0 Å². The standard InChI is InChI=1S/C20H30O4/c1-13(2)19(21)23-11-14-3-5-15(6-4-14)12-24-20(22)18-10-16-7-8-17(18)9-16/h7-8,13-18H,3-6,9-12H2,1-2H3. The van der Waals surface area contributed by atoms with Crippen LogP contribution in [0.5, 0.6) is 0 Å². The molecule has 4 nitrogen and oxygen atoms in total. The van der Waals surface area contributed by atoms with Gasteiger partial charge in [0, 0.05) is 0 Å². The van der Waals surface area contributed by atoms with E-state index in [-0.39, 0.29) is 23.8 Å². The van der Waals surface area contributed by atoms with E-state index < -0.39 is 0 Å². The molecule has 0 heterocycles. The normalized spacial score (nSPS) is 34.5. The average Bonchev–Trinajstić information content (AvgIpc) is 3.21. The molecule has 4 heteroatoms. The number of hydrogen-bond donors (Lipinski definition) is 0. The number of carbonyl (C=O) groups excluding carboxylic acids is 2. The van der Waals surface area contributed by atoms with E-state index in [2.05, 4.69) is 12.2 Å². The van der Waals surface area contributed by atoms with Gasteiger partial charge in [-0.15, -0.1) is 0 Å². The van der Waals surface area contributed by atoms with Crippen molar-refractivity contribution in [1.82, 2.24) is 0 Å². The number of esters is 2. The van der Waals surface area contributed by atoms with Crippen LogP contribution in [0.25, 0.3) is 0 Å². The fraction of sp³-hybridized carbons (Fsp3) is 0.800. The molecule has 3 atom stereocenters. The summed E-state index contributed by atoms with van der Waals surface area (Å²) in [5, 5.41) is 0. The van der Waals surface area contributed by atoms with Crippen molar-refractivity contribution in [2.75, 3.05) is 13.2 Å². The van der Waals surface area contributed by atoms with Gasteiger partial charge in [0.05, 0.1) is 25.0 Å². The molecule has 2 bridgehead atoms. The zero-order chi connectivity index (χ0) is 17.1. The molecule has 0 aromatic heterocycles. The minimum absolute atomic E-state index is 0.0137. The molecule has 3 unspecified atom stereocenters. The lowest BCUT2D eigenvalue weighted by atomic mass is 9.83. The number of carbonyl (C=O) groups is 2. The molecule has 0 aliphatic heterocycles. The SMILES string of the molecule is CC(C)C(=O)OCC1CCC(COC(=O)C2CC3C=CC2C3)CC1. The average molecular weight is 334 g/mol. The second-order valence-electron chi connectivity index (χ2n) is 8.19. The fourth-order valence-corrected chi connectivity index (χ4v) is 4.29. The summed E-state index contributed by atoms with van der Waals surface area (Å²) < 4.78 is 11.0. The predicted octanol–water partition coefficient (Wildman–Crippen LogP) is 3.75. The van der Waals surface area contributed by atoms with Crippen molar-refractivity contribution >= 4 is 11.9 Å². The maximum atomic E-state index is 12.3.